The standard InChI is InChI=1S/C30H43N3O3S/c1-6-24(34)17-23(18-29-31-26-13-12-20(2)16-28(26)37-29)30(36)32-25(22-10-8-7-9-11-22)14-15-27(35)21(3)19-33(4)5/h12-13,16,22-23,25H,3,6-11,14-15,17-19H2,1-2,4-5H3,(H,32,36)/t23-,25?/m0/s1. The molecule has 1 unspecified atom stereocenters. The van der Waals surface area contributed by atoms with Crippen molar-refractivity contribution in [2.75, 3.05) is 20.6 Å². The van der Waals surface area contributed by atoms with Crippen LogP contribution in [0.1, 0.15) is 75.3 Å². The van der Waals surface area contributed by atoms with Crippen molar-refractivity contribution in [3.05, 3.63) is 40.9 Å². The predicted octanol–water partition coefficient (Wildman–Crippen LogP) is 5.66. The van der Waals surface area contributed by atoms with Crippen LogP contribution in [0, 0.1) is 18.8 Å². The molecule has 1 fully saturated rings. The summed E-state index contributed by atoms with van der Waals surface area (Å²) in [6.07, 6.45) is 7.72. The van der Waals surface area contributed by atoms with Crippen LogP contribution in [0.25, 0.3) is 10.2 Å². The molecule has 1 saturated carbocycles. The van der Waals surface area contributed by atoms with E-state index < -0.39 is 5.92 Å². The van der Waals surface area contributed by atoms with Crippen molar-refractivity contribution in [3.63, 3.8) is 0 Å². The highest BCUT2D eigenvalue weighted by Crippen LogP contribution is 2.30. The number of rotatable bonds is 14. The Kier molecular flexibility index (Phi) is 11.0. The molecule has 2 aromatic rings. The minimum absolute atomic E-state index is 0.0613. The van der Waals surface area contributed by atoms with Gasteiger partial charge in [-0.3, -0.25) is 14.4 Å². The topological polar surface area (TPSA) is 79.4 Å². The van der Waals surface area contributed by atoms with Crippen LogP contribution >= 0.6 is 11.3 Å². The van der Waals surface area contributed by atoms with E-state index in [1.54, 1.807) is 11.3 Å². The van der Waals surface area contributed by atoms with E-state index in [1.807, 2.05) is 38.1 Å². The van der Waals surface area contributed by atoms with Gasteiger partial charge < -0.3 is 10.2 Å². The number of carbonyl (C=O) groups is 3. The van der Waals surface area contributed by atoms with Crippen molar-refractivity contribution < 1.29 is 14.4 Å². The number of hydrogen-bond acceptors (Lipinski definition) is 6. The predicted molar refractivity (Wildman–Crippen MR) is 152 cm³/mol. The molecule has 1 amide bonds. The lowest BCUT2D eigenvalue weighted by molar-refractivity contribution is -0.130. The Morgan fingerprint density at radius 2 is 1.92 bits per heavy atom. The molecule has 1 aliphatic carbocycles. The van der Waals surface area contributed by atoms with Gasteiger partial charge in [0.05, 0.1) is 21.1 Å². The number of aromatic nitrogens is 1. The van der Waals surface area contributed by atoms with Gasteiger partial charge in [0.15, 0.2) is 5.78 Å². The SMILES string of the molecule is C=C(CN(C)C)C(=O)CCC(NC(=O)[C@@H](CC(=O)CC)Cc1nc2ccc(C)cc2s1)C1CCCCC1. The van der Waals surface area contributed by atoms with E-state index in [2.05, 4.69) is 24.9 Å². The zero-order chi connectivity index (χ0) is 26.9. The molecule has 0 radical (unpaired) electrons. The molecule has 3 rings (SSSR count). The summed E-state index contributed by atoms with van der Waals surface area (Å²) in [6.45, 7) is 8.41. The third-order valence-electron chi connectivity index (χ3n) is 7.38. The largest absolute Gasteiger partial charge is 0.353 e. The van der Waals surface area contributed by atoms with E-state index in [0.29, 0.717) is 43.7 Å². The Hall–Kier alpha value is -2.38. The first-order valence-electron chi connectivity index (χ1n) is 13.7. The lowest BCUT2D eigenvalue weighted by Gasteiger charge is -2.32. The number of benzene rings is 1. The Balaban J connectivity index is 1.74. The van der Waals surface area contributed by atoms with Gasteiger partial charge in [0.25, 0.3) is 0 Å². The van der Waals surface area contributed by atoms with Crippen molar-refractivity contribution in [1.29, 1.82) is 0 Å². The maximum atomic E-state index is 13.6. The van der Waals surface area contributed by atoms with E-state index in [4.69, 9.17) is 4.98 Å². The minimum atomic E-state index is -0.459. The molecular formula is C30H43N3O3S. The first-order valence-corrected chi connectivity index (χ1v) is 14.5. The van der Waals surface area contributed by atoms with Gasteiger partial charge in [-0.1, -0.05) is 38.8 Å². The fourth-order valence-corrected chi connectivity index (χ4v) is 6.40. The molecule has 1 N–H and O–H groups in total. The second-order valence-electron chi connectivity index (χ2n) is 10.9. The van der Waals surface area contributed by atoms with Crippen molar-refractivity contribution >= 4 is 39.0 Å². The average molecular weight is 526 g/mol. The maximum absolute atomic E-state index is 13.6. The van der Waals surface area contributed by atoms with Gasteiger partial charge in [-0.05, 0) is 63.9 Å². The molecule has 0 bridgehead atoms. The van der Waals surface area contributed by atoms with E-state index in [-0.39, 0.29) is 29.9 Å². The van der Waals surface area contributed by atoms with Crippen LogP contribution in [0.15, 0.2) is 30.4 Å². The molecule has 6 nitrogen and oxygen atoms in total. The number of aryl methyl sites for hydroxylation is 1. The number of thiazole rings is 1. The van der Waals surface area contributed by atoms with Crippen molar-refractivity contribution in [1.82, 2.24) is 15.2 Å². The number of fused-ring (bicyclic) bond motifs is 1. The van der Waals surface area contributed by atoms with E-state index >= 15 is 0 Å². The molecule has 7 heteroatoms. The van der Waals surface area contributed by atoms with Crippen molar-refractivity contribution in [2.24, 2.45) is 11.8 Å². The highest BCUT2D eigenvalue weighted by Gasteiger charge is 2.30. The summed E-state index contributed by atoms with van der Waals surface area (Å²) < 4.78 is 1.10. The molecule has 0 saturated heterocycles. The summed E-state index contributed by atoms with van der Waals surface area (Å²) in [5.74, 6) is -0.0414. The van der Waals surface area contributed by atoms with Gasteiger partial charge >= 0.3 is 0 Å². The molecule has 0 aliphatic heterocycles. The summed E-state index contributed by atoms with van der Waals surface area (Å²) in [5, 5.41) is 4.19. The molecule has 1 aromatic heterocycles. The van der Waals surface area contributed by atoms with Crippen LogP contribution in [-0.2, 0) is 20.8 Å². The molecule has 0 spiro atoms. The molecule has 1 aromatic carbocycles. The highest BCUT2D eigenvalue weighted by atomic mass is 32.1. The molecule has 1 heterocycles. The van der Waals surface area contributed by atoms with Gasteiger partial charge in [-0.2, -0.15) is 0 Å². The number of nitrogens with one attached hydrogen (secondary N) is 1. The zero-order valence-corrected chi connectivity index (χ0v) is 23.8. The van der Waals surface area contributed by atoms with E-state index in [9.17, 15) is 14.4 Å². The van der Waals surface area contributed by atoms with Crippen LogP contribution in [0.3, 0.4) is 0 Å². The molecule has 37 heavy (non-hydrogen) atoms. The number of nitrogens with zero attached hydrogens (tertiary/aromatic N) is 2. The summed E-state index contributed by atoms with van der Waals surface area (Å²) in [4.78, 5) is 45.5. The summed E-state index contributed by atoms with van der Waals surface area (Å²) in [5.41, 5.74) is 2.72. The van der Waals surface area contributed by atoms with Crippen LogP contribution in [0.5, 0.6) is 0 Å². The Morgan fingerprint density at radius 3 is 2.59 bits per heavy atom. The average Bonchev–Trinajstić information content (AvgIpc) is 3.27. The minimum Gasteiger partial charge on any atom is -0.353 e. The van der Waals surface area contributed by atoms with Crippen molar-refractivity contribution in [3.8, 4) is 0 Å². The quantitative estimate of drug-likeness (QED) is 0.322. The van der Waals surface area contributed by atoms with Gasteiger partial charge in [-0.15, -0.1) is 11.3 Å². The fraction of sp³-hybridized carbons (Fsp3) is 0.600. The van der Waals surface area contributed by atoms with Crippen molar-refractivity contribution in [2.45, 2.75) is 84.1 Å². The highest BCUT2D eigenvalue weighted by molar-refractivity contribution is 7.18. The van der Waals surface area contributed by atoms with Gasteiger partial charge in [-0.25, -0.2) is 4.98 Å². The lowest BCUT2D eigenvalue weighted by Crippen LogP contribution is -2.45. The summed E-state index contributed by atoms with van der Waals surface area (Å²) >= 11 is 1.60. The molecule has 2 atom stereocenters. The lowest BCUT2D eigenvalue weighted by atomic mass is 9.81. The normalized spacial score (nSPS) is 16.0. The second kappa shape index (κ2) is 14.0. The molecule has 1 aliphatic rings. The van der Waals surface area contributed by atoms with Gasteiger partial charge in [0.2, 0.25) is 5.91 Å². The summed E-state index contributed by atoms with van der Waals surface area (Å²) in [7, 11) is 3.85. The Labute approximate surface area is 225 Å². The third kappa shape index (κ3) is 8.85. The van der Waals surface area contributed by atoms with Crippen LogP contribution in [-0.4, -0.2) is 54.0 Å². The smallest absolute Gasteiger partial charge is 0.224 e. The van der Waals surface area contributed by atoms with Crippen LogP contribution in [0.4, 0.5) is 0 Å². The molecule has 202 valence electrons. The number of hydrogen-bond donors (Lipinski definition) is 1. The van der Waals surface area contributed by atoms with Gasteiger partial charge in [0, 0.05) is 43.8 Å². The number of Topliss-reactive ketones (excluding diaryl/α,β-unsaturated/α-hetero) is 2. The summed E-state index contributed by atoms with van der Waals surface area (Å²) in [6, 6.07) is 6.10. The molecular weight excluding hydrogens is 482 g/mol. The number of likely N-dealkylation sites (N-methyl/N-ethyl adjacent to an activating group) is 1. The third-order valence-corrected chi connectivity index (χ3v) is 8.42. The van der Waals surface area contributed by atoms with Crippen LogP contribution < -0.4 is 5.32 Å². The Bertz CT molecular complexity index is 1100. The van der Waals surface area contributed by atoms with Gasteiger partial charge in [0.1, 0.15) is 5.78 Å². The number of ketones is 2. The number of amides is 1. The maximum Gasteiger partial charge on any atom is 0.224 e. The second-order valence-corrected chi connectivity index (χ2v) is 12.0. The monoisotopic (exact) mass is 525 g/mol. The first-order chi connectivity index (χ1) is 17.7. The van der Waals surface area contributed by atoms with E-state index in [0.717, 1.165) is 40.9 Å². The van der Waals surface area contributed by atoms with Crippen LogP contribution in [0.2, 0.25) is 0 Å². The first kappa shape index (κ1) is 29.2. The zero-order valence-electron chi connectivity index (χ0n) is 23.0. The fourth-order valence-electron chi connectivity index (χ4n) is 5.25. The Morgan fingerprint density at radius 1 is 1.19 bits per heavy atom. The van der Waals surface area contributed by atoms with E-state index in [1.165, 1.54) is 12.0 Å². The number of carbonyl (C=O) groups excluding carboxylic acids is 3.